The van der Waals surface area contributed by atoms with Crippen LogP contribution in [0.25, 0.3) is 10.8 Å². The number of rotatable bonds is 7. The van der Waals surface area contributed by atoms with Crippen LogP contribution in [0.2, 0.25) is 0 Å². The summed E-state index contributed by atoms with van der Waals surface area (Å²) in [7, 11) is 0. The molecule has 0 saturated carbocycles. The molecule has 7 nitrogen and oxygen atoms in total. The molecule has 0 bridgehead atoms. The van der Waals surface area contributed by atoms with Crippen molar-refractivity contribution in [1.29, 1.82) is 0 Å². The lowest BCUT2D eigenvalue weighted by Crippen LogP contribution is -2.17. The standard InChI is InChI=1S/C22H16FN3O4S/c23-15-6-3-7-17(11-15)30-22-26-20(24-12-18(27)28)19(31-22)21(29)25-16-9-8-13-4-1-2-5-14(13)10-16/h1-11,24H,12H2,(H,25,29)(H,27,28). The van der Waals surface area contributed by atoms with E-state index in [0.29, 0.717) is 5.69 Å². The third kappa shape index (κ3) is 4.96. The van der Waals surface area contributed by atoms with E-state index in [1.54, 1.807) is 12.1 Å². The molecule has 0 atom stereocenters. The summed E-state index contributed by atoms with van der Waals surface area (Å²) >= 11 is 0.920. The Morgan fingerprint density at radius 3 is 2.61 bits per heavy atom. The molecular formula is C22H16FN3O4S. The average Bonchev–Trinajstić information content (AvgIpc) is 3.15. The van der Waals surface area contributed by atoms with E-state index in [1.807, 2.05) is 36.4 Å². The predicted molar refractivity (Wildman–Crippen MR) is 117 cm³/mol. The summed E-state index contributed by atoms with van der Waals surface area (Å²) in [5.74, 6) is -1.79. The van der Waals surface area contributed by atoms with Crippen LogP contribution >= 0.6 is 11.3 Å². The molecule has 3 aromatic carbocycles. The second-order valence-electron chi connectivity index (χ2n) is 6.48. The number of ether oxygens (including phenoxy) is 1. The quantitative estimate of drug-likeness (QED) is 0.377. The number of carboxylic acid groups (broad SMARTS) is 1. The molecule has 1 aromatic heterocycles. The van der Waals surface area contributed by atoms with Crippen LogP contribution < -0.4 is 15.4 Å². The number of nitrogens with zero attached hydrogens (tertiary/aromatic N) is 1. The summed E-state index contributed by atoms with van der Waals surface area (Å²) in [6.07, 6.45) is 0. The van der Waals surface area contributed by atoms with Crippen LogP contribution in [0.1, 0.15) is 9.67 Å². The van der Waals surface area contributed by atoms with Crippen LogP contribution in [-0.4, -0.2) is 28.5 Å². The number of carboxylic acids is 1. The Kier molecular flexibility index (Phi) is 5.76. The number of carbonyl (C=O) groups excluding carboxylic acids is 1. The Labute approximate surface area is 180 Å². The first kappa shape index (κ1) is 20.3. The third-order valence-electron chi connectivity index (χ3n) is 4.23. The first-order valence-electron chi connectivity index (χ1n) is 9.18. The highest BCUT2D eigenvalue weighted by atomic mass is 32.1. The minimum atomic E-state index is -1.11. The first-order chi connectivity index (χ1) is 15.0. The molecule has 1 heterocycles. The molecular weight excluding hydrogens is 421 g/mol. The van der Waals surface area contributed by atoms with Crippen LogP contribution in [0, 0.1) is 5.82 Å². The SMILES string of the molecule is O=C(O)CNc1nc(Oc2cccc(F)c2)sc1C(=O)Nc1ccc2ccccc2c1. The maximum absolute atomic E-state index is 13.4. The molecule has 156 valence electrons. The zero-order valence-corrected chi connectivity index (χ0v) is 16.8. The van der Waals surface area contributed by atoms with Gasteiger partial charge in [0.15, 0.2) is 5.82 Å². The van der Waals surface area contributed by atoms with E-state index in [1.165, 1.54) is 18.2 Å². The molecule has 3 N–H and O–H groups in total. The number of aromatic nitrogens is 1. The van der Waals surface area contributed by atoms with Crippen molar-refractivity contribution < 1.29 is 23.8 Å². The topological polar surface area (TPSA) is 101 Å². The Balaban J connectivity index is 1.59. The smallest absolute Gasteiger partial charge is 0.322 e. The maximum atomic E-state index is 13.4. The number of hydrogen-bond acceptors (Lipinski definition) is 6. The molecule has 9 heteroatoms. The minimum Gasteiger partial charge on any atom is -0.480 e. The highest BCUT2D eigenvalue weighted by Crippen LogP contribution is 2.33. The van der Waals surface area contributed by atoms with Gasteiger partial charge in [-0.25, -0.2) is 4.39 Å². The van der Waals surface area contributed by atoms with Gasteiger partial charge in [0.05, 0.1) is 0 Å². The van der Waals surface area contributed by atoms with Crippen LogP contribution in [0.15, 0.2) is 66.7 Å². The molecule has 0 aliphatic rings. The molecule has 0 radical (unpaired) electrons. The van der Waals surface area contributed by atoms with Gasteiger partial charge >= 0.3 is 5.97 Å². The molecule has 4 aromatic rings. The van der Waals surface area contributed by atoms with Gasteiger partial charge in [0.25, 0.3) is 11.1 Å². The van der Waals surface area contributed by atoms with Gasteiger partial charge in [-0.05, 0) is 35.0 Å². The van der Waals surface area contributed by atoms with Crippen molar-refractivity contribution >= 4 is 45.5 Å². The number of carbonyl (C=O) groups is 2. The molecule has 31 heavy (non-hydrogen) atoms. The average molecular weight is 437 g/mol. The van der Waals surface area contributed by atoms with E-state index in [2.05, 4.69) is 15.6 Å². The zero-order valence-electron chi connectivity index (χ0n) is 16.0. The lowest BCUT2D eigenvalue weighted by Gasteiger charge is -2.07. The van der Waals surface area contributed by atoms with Crippen molar-refractivity contribution in [2.75, 3.05) is 17.2 Å². The van der Waals surface area contributed by atoms with Gasteiger partial charge in [-0.1, -0.05) is 47.7 Å². The number of halogens is 1. The number of anilines is 2. The molecule has 0 spiro atoms. The van der Waals surface area contributed by atoms with Crippen molar-refractivity contribution in [3.05, 3.63) is 77.4 Å². The summed E-state index contributed by atoms with van der Waals surface area (Å²) < 4.78 is 19.0. The van der Waals surface area contributed by atoms with Crippen molar-refractivity contribution in [2.45, 2.75) is 0 Å². The molecule has 1 amide bonds. The lowest BCUT2D eigenvalue weighted by atomic mass is 10.1. The number of amides is 1. The maximum Gasteiger partial charge on any atom is 0.322 e. The summed E-state index contributed by atoms with van der Waals surface area (Å²) in [4.78, 5) is 28.1. The number of nitrogens with one attached hydrogen (secondary N) is 2. The number of fused-ring (bicyclic) bond motifs is 1. The highest BCUT2D eigenvalue weighted by molar-refractivity contribution is 7.16. The van der Waals surface area contributed by atoms with Gasteiger partial charge in [-0.15, -0.1) is 0 Å². The molecule has 4 rings (SSSR count). The van der Waals surface area contributed by atoms with Crippen molar-refractivity contribution in [3.8, 4) is 10.9 Å². The van der Waals surface area contributed by atoms with Crippen molar-refractivity contribution in [1.82, 2.24) is 4.98 Å². The summed E-state index contributed by atoms with van der Waals surface area (Å²) in [6, 6.07) is 18.7. The number of benzene rings is 3. The molecule has 0 aliphatic heterocycles. The Hall–Kier alpha value is -3.98. The number of thiazole rings is 1. The molecule has 0 saturated heterocycles. The summed E-state index contributed by atoms with van der Waals surface area (Å²) in [5, 5.41) is 16.4. The van der Waals surface area contributed by atoms with Crippen LogP contribution in [0.4, 0.5) is 15.9 Å². The normalized spacial score (nSPS) is 10.6. The lowest BCUT2D eigenvalue weighted by molar-refractivity contribution is -0.134. The van der Waals surface area contributed by atoms with Gasteiger partial charge in [-0.3, -0.25) is 9.59 Å². The van der Waals surface area contributed by atoms with Gasteiger partial charge in [0, 0.05) is 11.8 Å². The molecule has 0 aliphatic carbocycles. The fourth-order valence-corrected chi connectivity index (χ4v) is 3.67. The van der Waals surface area contributed by atoms with Crippen molar-refractivity contribution in [2.24, 2.45) is 0 Å². The van der Waals surface area contributed by atoms with E-state index < -0.39 is 24.2 Å². The Morgan fingerprint density at radius 2 is 1.84 bits per heavy atom. The van der Waals surface area contributed by atoms with Gasteiger partial charge < -0.3 is 20.5 Å². The second kappa shape index (κ2) is 8.80. The second-order valence-corrected chi connectivity index (χ2v) is 7.44. The van der Waals surface area contributed by atoms with Gasteiger partial charge in [-0.2, -0.15) is 4.98 Å². The van der Waals surface area contributed by atoms with Crippen LogP contribution in [0.5, 0.6) is 10.9 Å². The number of aliphatic carboxylic acids is 1. The fourth-order valence-electron chi connectivity index (χ4n) is 2.86. The van der Waals surface area contributed by atoms with E-state index in [4.69, 9.17) is 9.84 Å². The zero-order chi connectivity index (χ0) is 21.8. The third-order valence-corrected chi connectivity index (χ3v) is 5.16. The fraction of sp³-hybridized carbons (Fsp3) is 0.0455. The van der Waals surface area contributed by atoms with Crippen LogP contribution in [0.3, 0.4) is 0 Å². The van der Waals surface area contributed by atoms with E-state index >= 15 is 0 Å². The van der Waals surface area contributed by atoms with Crippen LogP contribution in [-0.2, 0) is 4.79 Å². The summed E-state index contributed by atoms with van der Waals surface area (Å²) in [6.45, 7) is -0.431. The van der Waals surface area contributed by atoms with Gasteiger partial charge in [0.2, 0.25) is 0 Å². The molecule has 0 fully saturated rings. The monoisotopic (exact) mass is 437 g/mol. The molecule has 0 unspecified atom stereocenters. The Morgan fingerprint density at radius 1 is 1.03 bits per heavy atom. The Bertz CT molecular complexity index is 1270. The predicted octanol–water partition coefficient (Wildman–Crippen LogP) is 4.98. The van der Waals surface area contributed by atoms with E-state index in [9.17, 15) is 14.0 Å². The largest absolute Gasteiger partial charge is 0.480 e. The summed E-state index contributed by atoms with van der Waals surface area (Å²) in [5.41, 5.74) is 0.578. The number of hydrogen-bond donors (Lipinski definition) is 3. The van der Waals surface area contributed by atoms with E-state index in [-0.39, 0.29) is 21.6 Å². The first-order valence-corrected chi connectivity index (χ1v) is 9.99. The van der Waals surface area contributed by atoms with E-state index in [0.717, 1.165) is 22.1 Å². The highest BCUT2D eigenvalue weighted by Gasteiger charge is 2.20. The van der Waals surface area contributed by atoms with Gasteiger partial charge in [0.1, 0.15) is 23.0 Å². The minimum absolute atomic E-state index is 0.0668. The van der Waals surface area contributed by atoms with Crippen molar-refractivity contribution in [3.63, 3.8) is 0 Å².